The second-order valence-corrected chi connectivity index (χ2v) is 6.47. The molecule has 0 spiro atoms. The minimum absolute atomic E-state index is 0.0654. The number of nitrogens with one attached hydrogen (secondary N) is 1. The molecule has 0 aliphatic rings. The van der Waals surface area contributed by atoms with Crippen molar-refractivity contribution in [2.75, 3.05) is 19.0 Å². The smallest absolute Gasteiger partial charge is 0.359 e. The van der Waals surface area contributed by atoms with E-state index in [9.17, 15) is 19.2 Å². The van der Waals surface area contributed by atoms with E-state index in [0.717, 1.165) is 4.68 Å². The molecule has 0 unspecified atom stereocenters. The van der Waals surface area contributed by atoms with E-state index < -0.39 is 24.5 Å². The van der Waals surface area contributed by atoms with E-state index in [-0.39, 0.29) is 16.8 Å². The molecule has 3 rings (SSSR count). The molecule has 9 nitrogen and oxygen atoms in total. The monoisotopic (exact) mass is 409 g/mol. The number of aryl methyl sites for hydroxylation is 2. The Hall–Kier alpha value is -4.01. The van der Waals surface area contributed by atoms with Gasteiger partial charge in [-0.05, 0) is 30.7 Å². The molecule has 0 bridgehead atoms. The Balaban J connectivity index is 1.74. The first-order valence-corrected chi connectivity index (χ1v) is 8.94. The average Bonchev–Trinajstić information content (AvgIpc) is 2.75. The van der Waals surface area contributed by atoms with Gasteiger partial charge in [-0.15, -0.1) is 0 Å². The molecule has 0 atom stereocenters. The number of carbonyl (C=O) groups excluding carboxylic acids is 3. The molecule has 1 amide bonds. The maximum absolute atomic E-state index is 12.5. The zero-order chi connectivity index (χ0) is 21.8. The zero-order valence-electron chi connectivity index (χ0n) is 16.6. The number of carbonyl (C=O) groups is 3. The lowest BCUT2D eigenvalue weighted by atomic mass is 10.1. The first-order chi connectivity index (χ1) is 14.3. The van der Waals surface area contributed by atoms with Crippen molar-refractivity contribution in [3.05, 3.63) is 69.6 Å². The van der Waals surface area contributed by atoms with Crippen LogP contribution >= 0.6 is 0 Å². The standard InChI is InChI=1S/C21H19N3O6/c1-12-8-9-13(20(27)29-3)10-16(12)22-17(25)11-30-21(28)18-14-6-4-5-7-15(14)19(26)24(2)23-18/h4-10H,11H2,1-3H3,(H,22,25). The Kier molecular flexibility index (Phi) is 5.91. The number of rotatable bonds is 5. The number of fused-ring (bicyclic) bond motifs is 1. The van der Waals surface area contributed by atoms with Gasteiger partial charge in [0.15, 0.2) is 12.3 Å². The number of hydrogen-bond donors (Lipinski definition) is 1. The van der Waals surface area contributed by atoms with Crippen LogP contribution in [0.2, 0.25) is 0 Å². The fourth-order valence-corrected chi connectivity index (χ4v) is 2.84. The number of methoxy groups -OCH3 is 1. The number of benzene rings is 2. The Morgan fingerprint density at radius 3 is 2.47 bits per heavy atom. The number of esters is 2. The van der Waals surface area contributed by atoms with Crippen LogP contribution < -0.4 is 10.9 Å². The molecule has 2 aromatic carbocycles. The van der Waals surface area contributed by atoms with Crippen LogP contribution in [-0.4, -0.2) is 41.3 Å². The van der Waals surface area contributed by atoms with Crippen molar-refractivity contribution >= 4 is 34.3 Å². The van der Waals surface area contributed by atoms with Gasteiger partial charge in [-0.2, -0.15) is 5.10 Å². The molecule has 0 aliphatic carbocycles. The number of hydrogen-bond acceptors (Lipinski definition) is 7. The van der Waals surface area contributed by atoms with Crippen molar-refractivity contribution in [1.82, 2.24) is 9.78 Å². The minimum Gasteiger partial charge on any atom is -0.465 e. The molecule has 3 aromatic rings. The number of ether oxygens (including phenoxy) is 2. The van der Waals surface area contributed by atoms with Crippen molar-refractivity contribution in [2.24, 2.45) is 7.05 Å². The van der Waals surface area contributed by atoms with Crippen LogP contribution in [0.3, 0.4) is 0 Å². The number of nitrogens with zero attached hydrogens (tertiary/aromatic N) is 2. The number of amides is 1. The van der Waals surface area contributed by atoms with E-state index in [1.165, 1.54) is 20.2 Å². The van der Waals surface area contributed by atoms with E-state index in [0.29, 0.717) is 22.0 Å². The zero-order valence-corrected chi connectivity index (χ0v) is 16.6. The van der Waals surface area contributed by atoms with Crippen LogP contribution in [-0.2, 0) is 21.3 Å². The Labute approximate surface area is 171 Å². The lowest BCUT2D eigenvalue weighted by Gasteiger charge is -2.11. The summed E-state index contributed by atoms with van der Waals surface area (Å²) in [6.45, 7) is 1.18. The Morgan fingerprint density at radius 2 is 1.77 bits per heavy atom. The highest BCUT2D eigenvalue weighted by Crippen LogP contribution is 2.18. The molecule has 0 radical (unpaired) electrons. The summed E-state index contributed by atoms with van der Waals surface area (Å²) < 4.78 is 10.8. The summed E-state index contributed by atoms with van der Waals surface area (Å²) in [5.41, 5.74) is 0.971. The van der Waals surface area contributed by atoms with Crippen molar-refractivity contribution in [3.63, 3.8) is 0 Å². The van der Waals surface area contributed by atoms with Crippen LogP contribution in [0.4, 0.5) is 5.69 Å². The summed E-state index contributed by atoms with van der Waals surface area (Å²) >= 11 is 0. The largest absolute Gasteiger partial charge is 0.465 e. The van der Waals surface area contributed by atoms with Gasteiger partial charge in [-0.3, -0.25) is 9.59 Å². The van der Waals surface area contributed by atoms with Crippen LogP contribution in [0, 0.1) is 6.92 Å². The fourth-order valence-electron chi connectivity index (χ4n) is 2.84. The van der Waals surface area contributed by atoms with Gasteiger partial charge in [-0.25, -0.2) is 14.3 Å². The SMILES string of the molecule is COC(=O)c1ccc(C)c(NC(=O)COC(=O)c2nn(C)c(=O)c3ccccc23)c1. The fraction of sp³-hybridized carbons (Fsp3) is 0.190. The second kappa shape index (κ2) is 8.56. The van der Waals surface area contributed by atoms with E-state index in [1.807, 2.05) is 0 Å². The van der Waals surface area contributed by atoms with Crippen LogP contribution in [0.15, 0.2) is 47.3 Å². The van der Waals surface area contributed by atoms with Crippen molar-refractivity contribution < 1.29 is 23.9 Å². The Bertz CT molecular complexity index is 1220. The van der Waals surface area contributed by atoms with Gasteiger partial charge in [0.25, 0.3) is 11.5 Å². The van der Waals surface area contributed by atoms with Crippen molar-refractivity contribution in [1.29, 1.82) is 0 Å². The van der Waals surface area contributed by atoms with E-state index in [4.69, 9.17) is 4.74 Å². The van der Waals surface area contributed by atoms with E-state index >= 15 is 0 Å². The van der Waals surface area contributed by atoms with Crippen LogP contribution in [0.25, 0.3) is 10.8 Å². The normalized spacial score (nSPS) is 10.5. The summed E-state index contributed by atoms with van der Waals surface area (Å²) in [5.74, 6) is -1.97. The van der Waals surface area contributed by atoms with Crippen LogP contribution in [0.5, 0.6) is 0 Å². The van der Waals surface area contributed by atoms with Crippen molar-refractivity contribution in [3.8, 4) is 0 Å². The highest BCUT2D eigenvalue weighted by molar-refractivity contribution is 6.03. The molecule has 9 heteroatoms. The summed E-state index contributed by atoms with van der Waals surface area (Å²) in [6, 6.07) is 11.2. The lowest BCUT2D eigenvalue weighted by Crippen LogP contribution is -2.26. The Morgan fingerprint density at radius 1 is 1.07 bits per heavy atom. The van der Waals surface area contributed by atoms with Gasteiger partial charge < -0.3 is 14.8 Å². The molecule has 0 aliphatic heterocycles. The lowest BCUT2D eigenvalue weighted by molar-refractivity contribution is -0.119. The predicted molar refractivity (Wildman–Crippen MR) is 108 cm³/mol. The molecule has 1 heterocycles. The van der Waals surface area contributed by atoms with Gasteiger partial charge in [0.2, 0.25) is 0 Å². The molecule has 30 heavy (non-hydrogen) atoms. The summed E-state index contributed by atoms with van der Waals surface area (Å²) in [4.78, 5) is 48.6. The predicted octanol–water partition coefficient (Wildman–Crippen LogP) is 1.82. The first-order valence-electron chi connectivity index (χ1n) is 8.94. The highest BCUT2D eigenvalue weighted by atomic mass is 16.5. The highest BCUT2D eigenvalue weighted by Gasteiger charge is 2.18. The number of anilines is 1. The molecule has 1 aromatic heterocycles. The summed E-state index contributed by atoms with van der Waals surface area (Å²) in [5, 5.41) is 7.22. The van der Waals surface area contributed by atoms with Crippen LogP contribution in [0.1, 0.15) is 26.4 Å². The molecular weight excluding hydrogens is 390 g/mol. The van der Waals surface area contributed by atoms with Gasteiger partial charge in [0.1, 0.15) is 0 Å². The average molecular weight is 409 g/mol. The molecule has 0 fully saturated rings. The summed E-state index contributed by atoms with van der Waals surface area (Å²) in [7, 11) is 2.69. The maximum Gasteiger partial charge on any atom is 0.359 e. The quantitative estimate of drug-likeness (QED) is 0.639. The molecule has 154 valence electrons. The molecular formula is C21H19N3O6. The molecule has 0 saturated heterocycles. The number of aromatic nitrogens is 2. The van der Waals surface area contributed by atoms with Gasteiger partial charge in [0.05, 0.1) is 18.1 Å². The third-order valence-corrected chi connectivity index (χ3v) is 4.42. The minimum atomic E-state index is -0.836. The molecule has 0 saturated carbocycles. The first kappa shape index (κ1) is 20.7. The van der Waals surface area contributed by atoms with E-state index in [1.54, 1.807) is 43.3 Å². The van der Waals surface area contributed by atoms with Gasteiger partial charge in [-0.1, -0.05) is 24.3 Å². The third-order valence-electron chi connectivity index (χ3n) is 4.42. The third kappa shape index (κ3) is 4.19. The van der Waals surface area contributed by atoms with Gasteiger partial charge in [0, 0.05) is 18.1 Å². The van der Waals surface area contributed by atoms with Gasteiger partial charge >= 0.3 is 11.9 Å². The second-order valence-electron chi connectivity index (χ2n) is 6.47. The summed E-state index contributed by atoms with van der Waals surface area (Å²) in [6.07, 6.45) is 0. The maximum atomic E-state index is 12.5. The van der Waals surface area contributed by atoms with Crippen molar-refractivity contribution in [2.45, 2.75) is 6.92 Å². The van der Waals surface area contributed by atoms with E-state index in [2.05, 4.69) is 15.2 Å². The topological polar surface area (TPSA) is 117 Å². The molecule has 1 N–H and O–H groups in total.